The van der Waals surface area contributed by atoms with Gasteiger partial charge in [0.05, 0.1) is 18.5 Å². The molecule has 1 amide bonds. The number of anilines is 1. The van der Waals surface area contributed by atoms with Gasteiger partial charge in [0.2, 0.25) is 5.91 Å². The van der Waals surface area contributed by atoms with Crippen LogP contribution in [0.4, 0.5) is 5.69 Å². The predicted octanol–water partition coefficient (Wildman–Crippen LogP) is 5.22. The molecule has 0 aliphatic heterocycles. The Morgan fingerprint density at radius 2 is 1.76 bits per heavy atom. The lowest BCUT2D eigenvalue weighted by molar-refractivity contribution is -0.122. The average Bonchev–Trinajstić information content (AvgIpc) is 2.92. The molecule has 6 nitrogen and oxygen atoms in total. The predicted molar refractivity (Wildman–Crippen MR) is 147 cm³/mol. The fourth-order valence-electron chi connectivity index (χ4n) is 5.27. The Bertz CT molecular complexity index is 1430. The second-order valence-corrected chi connectivity index (χ2v) is 10.3. The van der Waals surface area contributed by atoms with Crippen molar-refractivity contribution in [2.24, 2.45) is 5.73 Å². The van der Waals surface area contributed by atoms with Gasteiger partial charge in [-0.1, -0.05) is 78.9 Å². The number of nitrogens with one attached hydrogen (secondary N) is 1. The molecule has 0 aromatic heterocycles. The molecule has 5 rings (SSSR count). The van der Waals surface area contributed by atoms with E-state index in [1.54, 1.807) is 6.07 Å². The van der Waals surface area contributed by atoms with Gasteiger partial charge in [0.25, 0.3) is 0 Å². The Kier molecular flexibility index (Phi) is 7.65. The molecule has 0 bridgehead atoms. The number of nitrogens with two attached hydrogens (primary N) is 1. The number of fused-ring (bicyclic) bond motifs is 2. The Balaban J connectivity index is 1.44. The molecular formula is C30H30N3O3S-. The number of rotatable bonds is 8. The second-order valence-electron chi connectivity index (χ2n) is 9.45. The highest BCUT2D eigenvalue weighted by Crippen LogP contribution is 2.34. The maximum Gasteiger partial charge on any atom is 0.222 e. The molecule has 0 saturated carbocycles. The molecule has 37 heavy (non-hydrogen) atoms. The molecule has 4 aromatic rings. The lowest BCUT2D eigenvalue weighted by Crippen LogP contribution is -2.37. The van der Waals surface area contributed by atoms with Gasteiger partial charge >= 0.3 is 0 Å². The molecule has 0 saturated heterocycles. The van der Waals surface area contributed by atoms with Gasteiger partial charge in [-0.15, -0.1) is 0 Å². The molecule has 0 radical (unpaired) electrons. The van der Waals surface area contributed by atoms with Crippen LogP contribution in [0.5, 0.6) is 0 Å². The van der Waals surface area contributed by atoms with Crippen molar-refractivity contribution < 1.29 is 13.6 Å². The highest BCUT2D eigenvalue weighted by atomic mass is 32.2. The summed E-state index contributed by atoms with van der Waals surface area (Å²) in [6.45, 7) is 0.486. The number of benzene rings is 4. The van der Waals surface area contributed by atoms with Gasteiger partial charge in [-0.25, -0.2) is 0 Å². The summed E-state index contributed by atoms with van der Waals surface area (Å²) >= 11 is -2.60. The van der Waals surface area contributed by atoms with E-state index in [0.717, 1.165) is 46.7 Å². The summed E-state index contributed by atoms with van der Waals surface area (Å²) in [5.41, 5.74) is 10.5. The second kappa shape index (κ2) is 11.3. The lowest BCUT2D eigenvalue weighted by atomic mass is 9.86. The minimum atomic E-state index is -2.60. The topological polar surface area (TPSA) is 98.5 Å². The maximum atomic E-state index is 13.4. The van der Waals surface area contributed by atoms with Gasteiger partial charge in [0.1, 0.15) is 0 Å². The Hall–Kier alpha value is -3.52. The van der Waals surface area contributed by atoms with Gasteiger partial charge in [0.15, 0.2) is 0 Å². The van der Waals surface area contributed by atoms with Crippen LogP contribution in [0, 0.1) is 0 Å². The van der Waals surface area contributed by atoms with E-state index in [-0.39, 0.29) is 18.4 Å². The number of carbonyl (C=O) groups excluding carboxylic acids is 1. The van der Waals surface area contributed by atoms with Crippen LogP contribution in [0.3, 0.4) is 0 Å². The minimum Gasteiger partial charge on any atom is -0.755 e. The molecule has 3 atom stereocenters. The smallest absolute Gasteiger partial charge is 0.222 e. The van der Waals surface area contributed by atoms with Crippen molar-refractivity contribution in [1.29, 1.82) is 0 Å². The summed E-state index contributed by atoms with van der Waals surface area (Å²) in [6.07, 6.45) is 2.78. The van der Waals surface area contributed by atoms with Crippen molar-refractivity contribution in [3.05, 3.63) is 113 Å². The van der Waals surface area contributed by atoms with Crippen molar-refractivity contribution in [3.63, 3.8) is 0 Å². The van der Waals surface area contributed by atoms with Gasteiger partial charge in [0, 0.05) is 23.5 Å². The van der Waals surface area contributed by atoms with E-state index in [9.17, 15) is 13.6 Å². The van der Waals surface area contributed by atoms with Crippen LogP contribution in [0.1, 0.15) is 53.6 Å². The lowest BCUT2D eigenvalue weighted by Gasteiger charge is -2.35. The van der Waals surface area contributed by atoms with E-state index >= 15 is 0 Å². The zero-order valence-electron chi connectivity index (χ0n) is 20.5. The summed E-state index contributed by atoms with van der Waals surface area (Å²) in [4.78, 5) is 13.4. The third-order valence-corrected chi connectivity index (χ3v) is 7.87. The molecule has 0 spiro atoms. The van der Waals surface area contributed by atoms with Crippen LogP contribution in [0.25, 0.3) is 10.8 Å². The van der Waals surface area contributed by atoms with E-state index in [4.69, 9.17) is 5.73 Å². The third kappa shape index (κ3) is 5.59. The van der Waals surface area contributed by atoms with Crippen LogP contribution in [-0.2, 0) is 29.0 Å². The monoisotopic (exact) mass is 512 g/mol. The number of carbonyl (C=O) groups is 1. The van der Waals surface area contributed by atoms with Crippen molar-refractivity contribution in [1.82, 2.24) is 5.32 Å². The zero-order valence-corrected chi connectivity index (χ0v) is 21.3. The molecule has 1 aliphatic carbocycles. The summed E-state index contributed by atoms with van der Waals surface area (Å²) < 4.78 is 26.6. The molecule has 1 aliphatic rings. The van der Waals surface area contributed by atoms with Gasteiger partial charge in [-0.3, -0.25) is 13.3 Å². The summed E-state index contributed by atoms with van der Waals surface area (Å²) in [6, 6.07) is 28.1. The fraction of sp³-hybridized carbons (Fsp3) is 0.233. The highest BCUT2D eigenvalue weighted by Gasteiger charge is 2.28. The summed E-state index contributed by atoms with van der Waals surface area (Å²) in [5, 5.41) is 5.14. The van der Waals surface area contributed by atoms with Gasteiger partial charge in [-0.05, 0) is 64.4 Å². The van der Waals surface area contributed by atoms with Crippen molar-refractivity contribution in [3.8, 4) is 0 Å². The average molecular weight is 513 g/mol. The van der Waals surface area contributed by atoms with E-state index < -0.39 is 17.3 Å². The van der Waals surface area contributed by atoms with Crippen LogP contribution in [0.2, 0.25) is 0 Å². The van der Waals surface area contributed by atoms with Gasteiger partial charge < -0.3 is 15.6 Å². The minimum absolute atomic E-state index is 0.00244. The Morgan fingerprint density at radius 3 is 2.51 bits per heavy atom. The molecule has 3 N–H and O–H groups in total. The first-order chi connectivity index (χ1) is 18.0. The van der Waals surface area contributed by atoms with Crippen LogP contribution in [-0.4, -0.2) is 14.7 Å². The number of hydrogen-bond acceptors (Lipinski definition) is 4. The zero-order chi connectivity index (χ0) is 25.8. The van der Waals surface area contributed by atoms with E-state index in [1.165, 1.54) is 9.87 Å². The quantitative estimate of drug-likeness (QED) is 0.316. The fourth-order valence-corrected chi connectivity index (χ4v) is 5.96. The Morgan fingerprint density at radius 1 is 1.00 bits per heavy atom. The molecule has 190 valence electrons. The van der Waals surface area contributed by atoms with E-state index in [2.05, 4.69) is 17.4 Å². The van der Waals surface area contributed by atoms with Crippen molar-refractivity contribution >= 4 is 33.6 Å². The molecule has 0 heterocycles. The summed E-state index contributed by atoms with van der Waals surface area (Å²) in [5.74, 6) is -0.189. The first kappa shape index (κ1) is 25.1. The van der Waals surface area contributed by atoms with Crippen LogP contribution < -0.4 is 15.4 Å². The third-order valence-electron chi connectivity index (χ3n) is 7.09. The Labute approximate surface area is 219 Å². The summed E-state index contributed by atoms with van der Waals surface area (Å²) in [7, 11) is 0. The molecule has 4 aromatic carbocycles. The van der Waals surface area contributed by atoms with Gasteiger partial charge in [-0.2, -0.15) is 0 Å². The van der Waals surface area contributed by atoms with Crippen LogP contribution >= 0.6 is 0 Å². The first-order valence-electron chi connectivity index (χ1n) is 12.6. The highest BCUT2D eigenvalue weighted by molar-refractivity contribution is 7.80. The normalized spacial score (nSPS) is 16.5. The molecule has 0 fully saturated rings. The van der Waals surface area contributed by atoms with Crippen molar-refractivity contribution in [2.45, 2.75) is 44.3 Å². The standard InChI is InChI=1S/C30H31N3O3S/c31-20-21-13-16-27-25(17-21)11-6-12-28(27)32-30(34)19-29(23-8-2-1-3-9-23)33(37(35)36)26-15-14-22-7-4-5-10-24(22)18-26/h1-5,7-10,13-18,28-29H,6,11-12,19-20,31H2,(H,32,34)(H,35,36)/p-1. The number of aryl methyl sites for hydroxylation is 1. The molecular weight excluding hydrogens is 482 g/mol. The first-order valence-corrected chi connectivity index (χ1v) is 13.6. The number of hydrogen-bond donors (Lipinski definition) is 2. The van der Waals surface area contributed by atoms with Crippen molar-refractivity contribution in [2.75, 3.05) is 4.31 Å². The number of amides is 1. The van der Waals surface area contributed by atoms with E-state index in [1.807, 2.05) is 72.8 Å². The molecule has 7 heteroatoms. The largest absolute Gasteiger partial charge is 0.755 e. The van der Waals surface area contributed by atoms with E-state index in [0.29, 0.717) is 12.2 Å². The number of nitrogens with zero attached hydrogens (tertiary/aromatic N) is 1. The molecule has 3 unspecified atom stereocenters. The SMILES string of the molecule is NCc1ccc2c(c1)CCCC2NC(=O)CC(c1ccccc1)N(c1ccc2ccccc2c1)S(=O)[O-]. The van der Waals surface area contributed by atoms with Crippen LogP contribution in [0.15, 0.2) is 91.0 Å². The maximum absolute atomic E-state index is 13.4.